The zero-order valence-corrected chi connectivity index (χ0v) is 12.3. The molecule has 2 amide bonds. The van der Waals surface area contributed by atoms with Gasteiger partial charge in [0.2, 0.25) is 11.8 Å². The molecule has 4 nitrogen and oxygen atoms in total. The van der Waals surface area contributed by atoms with Gasteiger partial charge in [0.1, 0.15) is 0 Å². The number of rotatable bonds is 3. The highest BCUT2D eigenvalue weighted by atomic mass is 16.2. The van der Waals surface area contributed by atoms with Crippen molar-refractivity contribution in [2.75, 3.05) is 19.6 Å². The van der Waals surface area contributed by atoms with E-state index in [0.717, 1.165) is 32.4 Å². The Hall–Kier alpha value is -0.900. The van der Waals surface area contributed by atoms with Gasteiger partial charge in [-0.15, -0.1) is 0 Å². The number of hydrogen-bond donors (Lipinski definition) is 1. The first-order valence-electron chi connectivity index (χ1n) is 8.22. The third-order valence-corrected chi connectivity index (χ3v) is 5.54. The summed E-state index contributed by atoms with van der Waals surface area (Å²) in [7, 11) is 0. The molecule has 0 bridgehead atoms. The lowest BCUT2D eigenvalue weighted by Crippen LogP contribution is -2.48. The van der Waals surface area contributed by atoms with Crippen LogP contribution >= 0.6 is 0 Å². The van der Waals surface area contributed by atoms with Crippen molar-refractivity contribution in [3.8, 4) is 0 Å². The summed E-state index contributed by atoms with van der Waals surface area (Å²) in [5.41, 5.74) is 0.0411. The van der Waals surface area contributed by atoms with Crippen molar-refractivity contribution in [2.45, 2.75) is 57.8 Å². The zero-order chi connectivity index (χ0) is 14.0. The van der Waals surface area contributed by atoms with E-state index < -0.39 is 0 Å². The van der Waals surface area contributed by atoms with Crippen molar-refractivity contribution < 1.29 is 9.59 Å². The van der Waals surface area contributed by atoms with E-state index in [4.69, 9.17) is 0 Å². The van der Waals surface area contributed by atoms with Crippen LogP contribution in [0.4, 0.5) is 0 Å². The summed E-state index contributed by atoms with van der Waals surface area (Å²) in [6.07, 6.45) is 9.12. The Morgan fingerprint density at radius 1 is 1.05 bits per heavy atom. The first-order valence-corrected chi connectivity index (χ1v) is 8.22. The third-order valence-electron chi connectivity index (χ3n) is 5.54. The Bertz CT molecular complexity index is 362. The van der Waals surface area contributed by atoms with Crippen LogP contribution in [0.25, 0.3) is 0 Å². The molecule has 3 rings (SSSR count). The highest BCUT2D eigenvalue weighted by Gasteiger charge is 2.44. The van der Waals surface area contributed by atoms with Crippen LogP contribution in [0.5, 0.6) is 0 Å². The zero-order valence-electron chi connectivity index (χ0n) is 12.3. The number of amides is 2. The van der Waals surface area contributed by atoms with Crippen molar-refractivity contribution in [1.82, 2.24) is 10.2 Å². The molecule has 2 aliphatic heterocycles. The van der Waals surface area contributed by atoms with E-state index in [1.54, 1.807) is 4.90 Å². The van der Waals surface area contributed by atoms with Crippen molar-refractivity contribution >= 4 is 11.8 Å². The summed E-state index contributed by atoms with van der Waals surface area (Å²) in [5, 5.41) is 3.36. The second kappa shape index (κ2) is 5.84. The number of carbonyl (C=O) groups is 2. The molecular formula is C16H26N2O2. The van der Waals surface area contributed by atoms with Crippen LogP contribution in [-0.4, -0.2) is 36.3 Å². The Labute approximate surface area is 121 Å². The molecule has 0 unspecified atom stereocenters. The van der Waals surface area contributed by atoms with E-state index in [1.807, 2.05) is 0 Å². The van der Waals surface area contributed by atoms with Crippen LogP contribution in [0.3, 0.4) is 0 Å². The quantitative estimate of drug-likeness (QED) is 0.804. The second-order valence-corrected chi connectivity index (χ2v) is 6.98. The number of nitrogens with zero attached hydrogens (tertiary/aromatic N) is 1. The largest absolute Gasteiger partial charge is 0.317 e. The molecule has 1 saturated carbocycles. The van der Waals surface area contributed by atoms with E-state index in [1.165, 1.54) is 25.7 Å². The van der Waals surface area contributed by atoms with Crippen LogP contribution in [0.2, 0.25) is 0 Å². The number of nitrogens with one attached hydrogen (secondary N) is 1. The van der Waals surface area contributed by atoms with Gasteiger partial charge in [0.05, 0.1) is 0 Å². The van der Waals surface area contributed by atoms with Gasteiger partial charge in [-0.25, -0.2) is 0 Å². The molecule has 112 valence electrons. The van der Waals surface area contributed by atoms with Crippen LogP contribution < -0.4 is 5.32 Å². The number of likely N-dealkylation sites (tertiary alicyclic amines) is 1. The maximum Gasteiger partial charge on any atom is 0.229 e. The standard InChI is InChI=1S/C16H26N2O2/c19-14-11-16(6-1-2-7-16)12-15(20)18(14)10-5-13-3-8-17-9-4-13/h13,17H,1-12H2. The smallest absolute Gasteiger partial charge is 0.229 e. The number of piperidine rings is 2. The topological polar surface area (TPSA) is 49.4 Å². The van der Waals surface area contributed by atoms with E-state index in [9.17, 15) is 9.59 Å². The van der Waals surface area contributed by atoms with Gasteiger partial charge in [0, 0.05) is 19.4 Å². The molecule has 0 atom stereocenters. The van der Waals surface area contributed by atoms with Crippen molar-refractivity contribution in [3.63, 3.8) is 0 Å². The van der Waals surface area contributed by atoms with Crippen molar-refractivity contribution in [1.29, 1.82) is 0 Å². The number of carbonyl (C=O) groups excluding carboxylic acids is 2. The molecule has 1 N–H and O–H groups in total. The van der Waals surface area contributed by atoms with Crippen LogP contribution in [0.15, 0.2) is 0 Å². The van der Waals surface area contributed by atoms with E-state index in [0.29, 0.717) is 25.3 Å². The lowest BCUT2D eigenvalue weighted by Gasteiger charge is -2.37. The Kier molecular flexibility index (Phi) is 4.11. The fraction of sp³-hybridized carbons (Fsp3) is 0.875. The van der Waals surface area contributed by atoms with Crippen LogP contribution in [0.1, 0.15) is 57.8 Å². The summed E-state index contributed by atoms with van der Waals surface area (Å²) < 4.78 is 0. The van der Waals surface area contributed by atoms with E-state index >= 15 is 0 Å². The highest BCUT2D eigenvalue weighted by molar-refractivity contribution is 5.98. The Balaban J connectivity index is 1.54. The Morgan fingerprint density at radius 3 is 2.25 bits per heavy atom. The highest BCUT2D eigenvalue weighted by Crippen LogP contribution is 2.46. The summed E-state index contributed by atoms with van der Waals surface area (Å²) in [6.45, 7) is 2.81. The van der Waals surface area contributed by atoms with Gasteiger partial charge >= 0.3 is 0 Å². The minimum Gasteiger partial charge on any atom is -0.317 e. The minimum atomic E-state index is 0.0411. The molecule has 4 heteroatoms. The maximum atomic E-state index is 12.3. The summed E-state index contributed by atoms with van der Waals surface area (Å²) in [5.74, 6) is 0.869. The minimum absolute atomic E-state index is 0.0411. The normalized spacial score (nSPS) is 27.5. The van der Waals surface area contributed by atoms with Gasteiger partial charge in [-0.3, -0.25) is 14.5 Å². The lowest BCUT2D eigenvalue weighted by molar-refractivity contribution is -0.153. The van der Waals surface area contributed by atoms with Crippen molar-refractivity contribution in [3.05, 3.63) is 0 Å². The average molecular weight is 278 g/mol. The van der Waals surface area contributed by atoms with E-state index in [-0.39, 0.29) is 17.2 Å². The molecule has 3 fully saturated rings. The third kappa shape index (κ3) is 2.90. The number of imide groups is 1. The van der Waals surface area contributed by atoms with Gasteiger partial charge in [-0.1, -0.05) is 12.8 Å². The molecule has 20 heavy (non-hydrogen) atoms. The molecular weight excluding hydrogens is 252 g/mol. The summed E-state index contributed by atoms with van der Waals surface area (Å²) in [6, 6.07) is 0. The molecule has 2 heterocycles. The SMILES string of the molecule is O=C1CC2(CCCC2)CC(=O)N1CCC1CCNCC1. The Morgan fingerprint density at radius 2 is 1.65 bits per heavy atom. The van der Waals surface area contributed by atoms with Crippen LogP contribution in [-0.2, 0) is 9.59 Å². The summed E-state index contributed by atoms with van der Waals surface area (Å²) in [4.78, 5) is 26.2. The maximum absolute atomic E-state index is 12.3. The predicted molar refractivity (Wildman–Crippen MR) is 77.1 cm³/mol. The fourth-order valence-corrected chi connectivity index (χ4v) is 4.24. The van der Waals surface area contributed by atoms with Crippen LogP contribution in [0, 0.1) is 11.3 Å². The van der Waals surface area contributed by atoms with Gasteiger partial charge in [0.15, 0.2) is 0 Å². The lowest BCUT2D eigenvalue weighted by atomic mass is 9.76. The summed E-state index contributed by atoms with van der Waals surface area (Å²) >= 11 is 0. The number of hydrogen-bond acceptors (Lipinski definition) is 3. The second-order valence-electron chi connectivity index (χ2n) is 6.98. The average Bonchev–Trinajstić information content (AvgIpc) is 2.86. The van der Waals surface area contributed by atoms with Gasteiger partial charge in [0.25, 0.3) is 0 Å². The van der Waals surface area contributed by atoms with Crippen molar-refractivity contribution in [2.24, 2.45) is 11.3 Å². The molecule has 1 spiro atoms. The van der Waals surface area contributed by atoms with E-state index in [2.05, 4.69) is 5.32 Å². The molecule has 3 aliphatic rings. The van der Waals surface area contributed by atoms with Gasteiger partial charge in [-0.05, 0) is 56.5 Å². The molecule has 1 aliphatic carbocycles. The molecule has 2 saturated heterocycles. The molecule has 0 radical (unpaired) electrons. The molecule has 0 aromatic heterocycles. The molecule has 0 aromatic carbocycles. The van der Waals surface area contributed by atoms with Gasteiger partial charge in [-0.2, -0.15) is 0 Å². The predicted octanol–water partition coefficient (Wildman–Crippen LogP) is 2.09. The fourth-order valence-electron chi connectivity index (χ4n) is 4.24. The molecule has 0 aromatic rings. The van der Waals surface area contributed by atoms with Gasteiger partial charge < -0.3 is 5.32 Å². The first-order chi connectivity index (χ1) is 9.69. The monoisotopic (exact) mass is 278 g/mol. The first kappa shape index (κ1) is 14.1.